The number of anilines is 1. The first-order valence-corrected chi connectivity index (χ1v) is 12.4. The van der Waals surface area contributed by atoms with Gasteiger partial charge in [-0.2, -0.15) is 0 Å². The molecule has 194 valence electrons. The third-order valence-corrected chi connectivity index (χ3v) is 7.95. The number of hydrogen-bond donors (Lipinski definition) is 3. The number of carboxylic acids is 1. The number of halogens is 2. The normalized spacial score (nSPS) is 27.0. The lowest BCUT2D eigenvalue weighted by atomic mass is 9.74. The van der Waals surface area contributed by atoms with Crippen LogP contribution in [0.25, 0.3) is 0 Å². The molecule has 1 fully saturated rings. The van der Waals surface area contributed by atoms with Gasteiger partial charge in [-0.3, -0.25) is 14.4 Å². The number of carbonyl (C=O) groups is 3. The van der Waals surface area contributed by atoms with Gasteiger partial charge >= 0.3 is 5.97 Å². The van der Waals surface area contributed by atoms with Gasteiger partial charge in [0.25, 0.3) is 0 Å². The van der Waals surface area contributed by atoms with Crippen LogP contribution < -0.4 is 14.8 Å². The number of nitrogens with one attached hydrogen (secondary N) is 1. The van der Waals surface area contributed by atoms with Gasteiger partial charge in [0.2, 0.25) is 12.7 Å². The number of Topliss-reactive ketones (excluding diaryl/α,β-unsaturated/α-hetero) is 1. The second-order valence-electron chi connectivity index (χ2n) is 9.22. The molecule has 0 aromatic heterocycles. The first-order valence-electron chi connectivity index (χ1n) is 11.6. The molecule has 1 spiro atoms. The third-order valence-electron chi connectivity index (χ3n) is 7.21. The van der Waals surface area contributed by atoms with Crippen LogP contribution in [-0.4, -0.2) is 40.3 Å². The molecular formula is C27H19Cl2NO8. The SMILES string of the molecule is O=C(Nc1ccc2c(c1)OCO2)[C@H]1[C@@H](c2ccc(Cl)c(Cl)c2)OC2(C(=O)c3ccccc3[C@H]2O)[C@H]1C(=O)O. The molecule has 11 heteroatoms. The minimum absolute atomic E-state index is 0.0345. The van der Waals surface area contributed by atoms with Crippen molar-refractivity contribution in [2.45, 2.75) is 17.8 Å². The number of ketones is 1. The molecule has 9 nitrogen and oxygen atoms in total. The summed E-state index contributed by atoms with van der Waals surface area (Å²) in [5.74, 6) is -5.19. The standard InChI is InChI=1S/C27H19Cl2NO8/c28-16-7-5-12(9-17(16)29)22-20(25(33)30-13-6-8-18-19(10-13)37-11-36-18)21(26(34)35)27(38-22)23(31)14-3-1-2-4-15(14)24(27)32/h1-10,20-23,31H,11H2,(H,30,33)(H,34,35)/t20-,21-,22-,23-,27?/m1/s1. The van der Waals surface area contributed by atoms with E-state index in [1.54, 1.807) is 30.3 Å². The van der Waals surface area contributed by atoms with Gasteiger partial charge in [0.15, 0.2) is 22.9 Å². The quantitative estimate of drug-likeness (QED) is 0.431. The van der Waals surface area contributed by atoms with Gasteiger partial charge in [0.05, 0.1) is 22.1 Å². The average molecular weight is 556 g/mol. The highest BCUT2D eigenvalue weighted by Gasteiger charge is 2.70. The number of fused-ring (bicyclic) bond motifs is 2. The van der Waals surface area contributed by atoms with Crippen LogP contribution in [-0.2, 0) is 14.3 Å². The van der Waals surface area contributed by atoms with Gasteiger partial charge < -0.3 is 29.7 Å². The van der Waals surface area contributed by atoms with E-state index in [0.717, 1.165) is 0 Å². The summed E-state index contributed by atoms with van der Waals surface area (Å²) in [4.78, 5) is 40.4. The Hall–Kier alpha value is -3.63. The number of aliphatic hydroxyl groups is 1. The Balaban J connectivity index is 1.47. The van der Waals surface area contributed by atoms with Gasteiger partial charge in [-0.1, -0.05) is 53.5 Å². The summed E-state index contributed by atoms with van der Waals surface area (Å²) in [7, 11) is 0. The van der Waals surface area contributed by atoms with Crippen molar-refractivity contribution in [3.05, 3.63) is 87.4 Å². The van der Waals surface area contributed by atoms with E-state index in [2.05, 4.69) is 5.32 Å². The number of ether oxygens (including phenoxy) is 3. The maximum Gasteiger partial charge on any atom is 0.310 e. The summed E-state index contributed by atoms with van der Waals surface area (Å²) in [6, 6.07) is 15.5. The lowest BCUT2D eigenvalue weighted by molar-refractivity contribution is -0.155. The smallest absolute Gasteiger partial charge is 0.310 e. The summed E-state index contributed by atoms with van der Waals surface area (Å²) in [5.41, 5.74) is -1.24. The van der Waals surface area contributed by atoms with Crippen molar-refractivity contribution in [1.82, 2.24) is 0 Å². The Morgan fingerprint density at radius 3 is 2.47 bits per heavy atom. The van der Waals surface area contributed by atoms with Crippen molar-refractivity contribution in [1.29, 1.82) is 0 Å². The number of aliphatic hydroxyl groups excluding tert-OH is 1. The fourth-order valence-corrected chi connectivity index (χ4v) is 5.83. The third kappa shape index (κ3) is 3.58. The molecule has 6 rings (SSSR count). The van der Waals surface area contributed by atoms with Crippen LogP contribution in [0.1, 0.15) is 33.7 Å². The van der Waals surface area contributed by atoms with Crippen molar-refractivity contribution in [3.63, 3.8) is 0 Å². The predicted molar refractivity (Wildman–Crippen MR) is 135 cm³/mol. The molecule has 3 aromatic carbocycles. The molecule has 1 aliphatic carbocycles. The zero-order valence-corrected chi connectivity index (χ0v) is 20.9. The summed E-state index contributed by atoms with van der Waals surface area (Å²) in [6.07, 6.45) is -2.88. The van der Waals surface area contributed by atoms with Crippen LogP contribution >= 0.6 is 23.2 Å². The number of amides is 1. The molecule has 0 radical (unpaired) electrons. The van der Waals surface area contributed by atoms with Crippen LogP contribution in [0.15, 0.2) is 60.7 Å². The van der Waals surface area contributed by atoms with Crippen molar-refractivity contribution >= 4 is 46.5 Å². The molecule has 0 bridgehead atoms. The zero-order valence-electron chi connectivity index (χ0n) is 19.4. The number of aliphatic carboxylic acids is 1. The second kappa shape index (κ2) is 8.99. The van der Waals surface area contributed by atoms with Crippen molar-refractivity contribution in [2.75, 3.05) is 12.1 Å². The maximum absolute atomic E-state index is 13.8. The van der Waals surface area contributed by atoms with Crippen LogP contribution in [0.3, 0.4) is 0 Å². The number of carboxylic acid groups (broad SMARTS) is 1. The number of benzene rings is 3. The molecule has 5 atom stereocenters. The Bertz CT molecular complexity index is 1510. The topological polar surface area (TPSA) is 131 Å². The van der Waals surface area contributed by atoms with E-state index in [0.29, 0.717) is 22.7 Å². The Labute approximate surface area is 225 Å². The molecule has 3 aromatic rings. The largest absolute Gasteiger partial charge is 0.481 e. The monoisotopic (exact) mass is 555 g/mol. The van der Waals surface area contributed by atoms with Gasteiger partial charge in [0, 0.05) is 17.3 Å². The molecule has 3 N–H and O–H groups in total. The van der Waals surface area contributed by atoms with Crippen LogP contribution in [0.5, 0.6) is 11.5 Å². The van der Waals surface area contributed by atoms with E-state index < -0.39 is 47.3 Å². The first-order chi connectivity index (χ1) is 18.2. The average Bonchev–Trinajstić information content (AvgIpc) is 3.57. The highest BCUT2D eigenvalue weighted by Crippen LogP contribution is 2.58. The van der Waals surface area contributed by atoms with Gasteiger partial charge in [-0.15, -0.1) is 0 Å². The van der Waals surface area contributed by atoms with E-state index in [1.807, 2.05) is 0 Å². The lowest BCUT2D eigenvalue weighted by Gasteiger charge is -2.30. The minimum Gasteiger partial charge on any atom is -0.481 e. The Morgan fingerprint density at radius 2 is 1.74 bits per heavy atom. The Kier molecular flexibility index (Phi) is 5.84. The van der Waals surface area contributed by atoms with E-state index >= 15 is 0 Å². The summed E-state index contributed by atoms with van der Waals surface area (Å²) >= 11 is 12.3. The highest BCUT2D eigenvalue weighted by atomic mass is 35.5. The number of rotatable bonds is 4. The molecule has 3 aliphatic rings. The molecule has 1 saturated heterocycles. The van der Waals surface area contributed by atoms with Gasteiger partial charge in [-0.05, 0) is 35.4 Å². The van der Waals surface area contributed by atoms with E-state index in [9.17, 15) is 24.6 Å². The fraction of sp³-hybridized carbons (Fsp3) is 0.222. The summed E-state index contributed by atoms with van der Waals surface area (Å²) in [6.45, 7) is 0.0345. The number of hydrogen-bond acceptors (Lipinski definition) is 7. The van der Waals surface area contributed by atoms with Gasteiger partial charge in [0.1, 0.15) is 12.0 Å². The first kappa shape index (κ1) is 24.7. The maximum atomic E-state index is 13.8. The molecular weight excluding hydrogens is 537 g/mol. The van der Waals surface area contributed by atoms with Gasteiger partial charge in [-0.25, -0.2) is 0 Å². The molecule has 38 heavy (non-hydrogen) atoms. The van der Waals surface area contributed by atoms with E-state index in [4.69, 9.17) is 37.4 Å². The van der Waals surface area contributed by atoms with Crippen molar-refractivity contribution in [2.24, 2.45) is 11.8 Å². The molecule has 2 aliphatic heterocycles. The molecule has 1 amide bonds. The lowest BCUT2D eigenvalue weighted by Crippen LogP contribution is -2.50. The van der Waals surface area contributed by atoms with Crippen molar-refractivity contribution < 1.29 is 38.8 Å². The summed E-state index contributed by atoms with van der Waals surface area (Å²) < 4.78 is 16.9. The Morgan fingerprint density at radius 1 is 0.974 bits per heavy atom. The van der Waals surface area contributed by atoms with Crippen LogP contribution in [0.4, 0.5) is 5.69 Å². The number of carbonyl (C=O) groups excluding carboxylic acids is 2. The fourth-order valence-electron chi connectivity index (χ4n) is 5.53. The molecule has 2 heterocycles. The van der Waals surface area contributed by atoms with Crippen molar-refractivity contribution in [3.8, 4) is 11.5 Å². The molecule has 1 unspecified atom stereocenters. The summed E-state index contributed by atoms with van der Waals surface area (Å²) in [5, 5.41) is 24.9. The van der Waals surface area contributed by atoms with Crippen LogP contribution in [0.2, 0.25) is 10.0 Å². The van der Waals surface area contributed by atoms with E-state index in [1.165, 1.54) is 30.3 Å². The highest BCUT2D eigenvalue weighted by molar-refractivity contribution is 6.42. The predicted octanol–water partition coefficient (Wildman–Crippen LogP) is 4.42. The van der Waals surface area contributed by atoms with Crippen LogP contribution in [0, 0.1) is 11.8 Å². The minimum atomic E-state index is -2.25. The second-order valence-corrected chi connectivity index (χ2v) is 10.0. The zero-order chi connectivity index (χ0) is 26.8. The molecule has 0 saturated carbocycles. The van der Waals surface area contributed by atoms with E-state index in [-0.39, 0.29) is 28.0 Å².